The molecular weight excluding hydrogens is 472 g/mol. The molecule has 2 heterocycles. The molecule has 1 aliphatic rings. The van der Waals surface area contributed by atoms with Crippen LogP contribution in [0.5, 0.6) is 5.75 Å². The fourth-order valence-electron chi connectivity index (χ4n) is 3.78. The van der Waals surface area contributed by atoms with Gasteiger partial charge < -0.3 is 9.47 Å². The number of thiazole rings is 1. The Morgan fingerprint density at radius 2 is 1.85 bits per heavy atom. The van der Waals surface area contributed by atoms with Crippen molar-refractivity contribution < 1.29 is 14.3 Å². The molecule has 0 bridgehead atoms. The van der Waals surface area contributed by atoms with Gasteiger partial charge in [-0.25, -0.2) is 9.79 Å². The Morgan fingerprint density at radius 1 is 1.15 bits per heavy atom. The van der Waals surface area contributed by atoms with E-state index in [1.54, 1.807) is 30.5 Å². The number of aromatic nitrogens is 1. The topological polar surface area (TPSA) is 69.9 Å². The standard InChI is InChI=1S/C26H25ClN2O4S/c1-4-14-33-20-12-6-17(7-13-20)15-21-24(30)29-23(18-8-10-19(27)11-9-18)22(25(31)32-5-2)16(3)28-26(29)34-21/h6-13,15,23H,4-5,14H2,1-3H3/b21-15-/t23-/m1/s1. The molecule has 34 heavy (non-hydrogen) atoms. The van der Waals surface area contributed by atoms with Crippen molar-refractivity contribution in [2.24, 2.45) is 4.99 Å². The van der Waals surface area contributed by atoms with Gasteiger partial charge >= 0.3 is 5.97 Å². The van der Waals surface area contributed by atoms with Crippen LogP contribution in [0.1, 0.15) is 44.4 Å². The predicted molar refractivity (Wildman–Crippen MR) is 134 cm³/mol. The van der Waals surface area contributed by atoms with Crippen molar-refractivity contribution in [2.45, 2.75) is 33.2 Å². The van der Waals surface area contributed by atoms with Gasteiger partial charge in [-0.3, -0.25) is 9.36 Å². The smallest absolute Gasteiger partial charge is 0.338 e. The maximum atomic E-state index is 13.6. The van der Waals surface area contributed by atoms with Crippen LogP contribution in [-0.2, 0) is 9.53 Å². The Morgan fingerprint density at radius 3 is 2.50 bits per heavy atom. The molecule has 1 atom stereocenters. The molecule has 0 saturated carbocycles. The van der Waals surface area contributed by atoms with Gasteiger partial charge in [0.05, 0.1) is 35.1 Å². The maximum absolute atomic E-state index is 13.6. The molecule has 0 saturated heterocycles. The Labute approximate surface area is 206 Å². The zero-order valence-electron chi connectivity index (χ0n) is 19.2. The normalized spacial score (nSPS) is 15.6. The molecule has 0 N–H and O–H groups in total. The molecule has 0 amide bonds. The average molecular weight is 497 g/mol. The number of allylic oxidation sites excluding steroid dienone is 1. The van der Waals surface area contributed by atoms with Gasteiger partial charge in [-0.1, -0.05) is 54.1 Å². The largest absolute Gasteiger partial charge is 0.494 e. The van der Waals surface area contributed by atoms with Crippen molar-refractivity contribution in [3.05, 3.63) is 95.6 Å². The van der Waals surface area contributed by atoms with Crippen LogP contribution in [0.2, 0.25) is 5.02 Å². The third-order valence-electron chi connectivity index (χ3n) is 5.35. The second kappa shape index (κ2) is 10.4. The number of nitrogens with zero attached hydrogens (tertiary/aromatic N) is 2. The summed E-state index contributed by atoms with van der Waals surface area (Å²) in [5, 5.41) is 0.570. The van der Waals surface area contributed by atoms with Crippen molar-refractivity contribution in [3.63, 3.8) is 0 Å². The summed E-state index contributed by atoms with van der Waals surface area (Å²) < 4.78 is 13.0. The average Bonchev–Trinajstić information content (AvgIpc) is 3.12. The molecule has 8 heteroatoms. The highest BCUT2D eigenvalue weighted by molar-refractivity contribution is 7.07. The van der Waals surface area contributed by atoms with Gasteiger partial charge in [0.1, 0.15) is 5.75 Å². The molecule has 6 nitrogen and oxygen atoms in total. The molecule has 1 aromatic heterocycles. The van der Waals surface area contributed by atoms with Crippen LogP contribution in [0.3, 0.4) is 0 Å². The summed E-state index contributed by atoms with van der Waals surface area (Å²) in [5.74, 6) is 0.304. The van der Waals surface area contributed by atoms with Gasteiger partial charge in [0.15, 0.2) is 4.80 Å². The number of ether oxygens (including phenoxy) is 2. The van der Waals surface area contributed by atoms with E-state index in [9.17, 15) is 9.59 Å². The van der Waals surface area contributed by atoms with Crippen LogP contribution in [0.25, 0.3) is 6.08 Å². The Bertz CT molecular complexity index is 1400. The highest BCUT2D eigenvalue weighted by atomic mass is 35.5. The molecule has 3 aromatic rings. The monoisotopic (exact) mass is 496 g/mol. The highest BCUT2D eigenvalue weighted by Crippen LogP contribution is 2.31. The summed E-state index contributed by atoms with van der Waals surface area (Å²) in [7, 11) is 0. The maximum Gasteiger partial charge on any atom is 0.338 e. The molecule has 0 unspecified atom stereocenters. The fourth-order valence-corrected chi connectivity index (χ4v) is 4.96. The van der Waals surface area contributed by atoms with Gasteiger partial charge in [-0.15, -0.1) is 0 Å². The Hall–Kier alpha value is -3.16. The van der Waals surface area contributed by atoms with Gasteiger partial charge in [0, 0.05) is 5.02 Å². The van der Waals surface area contributed by atoms with Crippen molar-refractivity contribution in [2.75, 3.05) is 13.2 Å². The van der Waals surface area contributed by atoms with E-state index < -0.39 is 12.0 Å². The van der Waals surface area contributed by atoms with Gasteiger partial charge in [-0.2, -0.15) is 0 Å². The third kappa shape index (κ3) is 4.86. The number of fused-ring (bicyclic) bond motifs is 1. The number of carbonyl (C=O) groups excluding carboxylic acids is 1. The minimum atomic E-state index is -0.653. The van der Waals surface area contributed by atoms with E-state index in [4.69, 9.17) is 21.1 Å². The van der Waals surface area contributed by atoms with Crippen molar-refractivity contribution in [1.29, 1.82) is 0 Å². The fraction of sp³-hybridized carbons (Fsp3) is 0.269. The molecule has 4 rings (SSSR count). The highest BCUT2D eigenvalue weighted by Gasteiger charge is 2.33. The van der Waals surface area contributed by atoms with Gasteiger partial charge in [0.25, 0.3) is 5.56 Å². The summed E-state index contributed by atoms with van der Waals surface area (Å²) in [6.07, 6.45) is 2.76. The molecule has 2 aromatic carbocycles. The summed E-state index contributed by atoms with van der Waals surface area (Å²) in [4.78, 5) is 31.6. The van der Waals surface area contributed by atoms with Crippen LogP contribution >= 0.6 is 22.9 Å². The quantitative estimate of drug-likeness (QED) is 0.459. The van der Waals surface area contributed by atoms with Crippen molar-refractivity contribution in [3.8, 4) is 5.75 Å². The van der Waals surface area contributed by atoms with Crippen molar-refractivity contribution >= 4 is 35.0 Å². The van der Waals surface area contributed by atoms with Gasteiger partial charge in [-0.05, 0) is 61.7 Å². The lowest BCUT2D eigenvalue weighted by Crippen LogP contribution is -2.39. The third-order valence-corrected chi connectivity index (χ3v) is 6.59. The first kappa shape index (κ1) is 24.0. The minimum Gasteiger partial charge on any atom is -0.494 e. The van der Waals surface area contributed by atoms with Crippen molar-refractivity contribution in [1.82, 2.24) is 4.57 Å². The number of esters is 1. The van der Waals surface area contributed by atoms with E-state index in [0.29, 0.717) is 32.2 Å². The number of rotatable bonds is 7. The second-order valence-electron chi connectivity index (χ2n) is 7.77. The second-order valence-corrected chi connectivity index (χ2v) is 9.22. The number of hydrogen-bond donors (Lipinski definition) is 0. The molecule has 176 valence electrons. The first-order valence-corrected chi connectivity index (χ1v) is 12.3. The van der Waals surface area contributed by atoms with E-state index in [-0.39, 0.29) is 12.2 Å². The number of carbonyl (C=O) groups is 1. The van der Waals surface area contributed by atoms with E-state index >= 15 is 0 Å². The Kier molecular flexibility index (Phi) is 7.34. The number of hydrogen-bond acceptors (Lipinski definition) is 6. The van der Waals surface area contributed by atoms with E-state index in [0.717, 1.165) is 23.3 Å². The molecule has 0 aliphatic carbocycles. The van der Waals surface area contributed by atoms with E-state index in [1.807, 2.05) is 42.5 Å². The number of halogens is 1. The lowest BCUT2D eigenvalue weighted by molar-refractivity contribution is -0.139. The van der Waals surface area contributed by atoms with Crippen LogP contribution < -0.4 is 19.6 Å². The SMILES string of the molecule is CCCOc1ccc(/C=c2\sc3n(c2=O)[C@H](c2ccc(Cl)cc2)C(C(=O)OCC)=C(C)N=3)cc1. The first-order chi connectivity index (χ1) is 16.4. The lowest BCUT2D eigenvalue weighted by Gasteiger charge is -2.24. The van der Waals surface area contributed by atoms with E-state index in [1.165, 1.54) is 11.3 Å². The van der Waals surface area contributed by atoms with Crippen LogP contribution in [0.4, 0.5) is 0 Å². The zero-order valence-corrected chi connectivity index (χ0v) is 20.8. The Balaban J connectivity index is 1.83. The summed E-state index contributed by atoms with van der Waals surface area (Å²) in [6.45, 7) is 6.46. The van der Waals surface area contributed by atoms with E-state index in [2.05, 4.69) is 11.9 Å². The molecule has 1 aliphatic heterocycles. The van der Waals surface area contributed by atoms with Crippen LogP contribution in [-0.4, -0.2) is 23.8 Å². The summed E-state index contributed by atoms with van der Waals surface area (Å²) >= 11 is 7.38. The molecule has 0 radical (unpaired) electrons. The zero-order chi connectivity index (χ0) is 24.2. The minimum absolute atomic E-state index is 0.218. The van der Waals surface area contributed by atoms with Crippen LogP contribution in [0, 0.1) is 0 Å². The summed E-state index contributed by atoms with van der Waals surface area (Å²) in [5.41, 5.74) is 2.29. The lowest BCUT2D eigenvalue weighted by atomic mass is 9.96. The summed E-state index contributed by atoms with van der Waals surface area (Å²) in [6, 6.07) is 14.1. The molecule has 0 spiro atoms. The molecular formula is C26H25ClN2O4S. The van der Waals surface area contributed by atoms with Crippen LogP contribution in [0.15, 0.2) is 69.6 Å². The first-order valence-electron chi connectivity index (χ1n) is 11.1. The molecule has 0 fully saturated rings. The number of benzene rings is 2. The van der Waals surface area contributed by atoms with Gasteiger partial charge in [0.2, 0.25) is 0 Å². The predicted octanol–water partition coefficient (Wildman–Crippen LogP) is 4.24.